The molecule has 0 unspecified atom stereocenters. The molecule has 1 aromatic rings. The number of hydrogen-bond acceptors (Lipinski definition) is 3. The summed E-state index contributed by atoms with van der Waals surface area (Å²) in [6.07, 6.45) is 0.684. The van der Waals surface area contributed by atoms with Gasteiger partial charge in [0.2, 0.25) is 0 Å². The lowest BCUT2D eigenvalue weighted by Gasteiger charge is -2.14. The van der Waals surface area contributed by atoms with Crippen LogP contribution in [0.2, 0.25) is 0 Å². The fourth-order valence-corrected chi connectivity index (χ4v) is 1.63. The van der Waals surface area contributed by atoms with Crippen LogP contribution in [-0.2, 0) is 4.74 Å². The molecule has 0 spiro atoms. The summed E-state index contributed by atoms with van der Waals surface area (Å²) in [5, 5.41) is 6.12. The summed E-state index contributed by atoms with van der Waals surface area (Å²) < 4.78 is 5.13. The molecule has 4 heteroatoms. The van der Waals surface area contributed by atoms with Crippen molar-refractivity contribution in [3.8, 4) is 0 Å². The standard InChI is InChI=1S/C16H26N2O2/c1-12(2)9-10-17-14-7-5-6-8-15(14)18-16(19)20-11-13(3)4/h5-8,12-13,17H,9-11H2,1-4H3,(H,18,19). The van der Waals surface area contributed by atoms with Crippen molar-refractivity contribution in [2.24, 2.45) is 11.8 Å². The number of carbonyl (C=O) groups excluding carboxylic acids is 1. The van der Waals surface area contributed by atoms with Crippen LogP contribution < -0.4 is 10.6 Å². The van der Waals surface area contributed by atoms with Gasteiger partial charge in [-0.3, -0.25) is 5.32 Å². The summed E-state index contributed by atoms with van der Waals surface area (Å²) in [6.45, 7) is 9.71. The SMILES string of the molecule is CC(C)CCNc1ccccc1NC(=O)OCC(C)C. The van der Waals surface area contributed by atoms with Gasteiger partial charge >= 0.3 is 6.09 Å². The van der Waals surface area contributed by atoms with E-state index >= 15 is 0 Å². The van der Waals surface area contributed by atoms with Gasteiger partial charge in [0.05, 0.1) is 18.0 Å². The van der Waals surface area contributed by atoms with Crippen LogP contribution in [-0.4, -0.2) is 19.2 Å². The van der Waals surface area contributed by atoms with Crippen molar-refractivity contribution in [1.82, 2.24) is 0 Å². The summed E-state index contributed by atoms with van der Waals surface area (Å²) in [7, 11) is 0. The lowest BCUT2D eigenvalue weighted by Crippen LogP contribution is -2.17. The molecule has 112 valence electrons. The van der Waals surface area contributed by atoms with Gasteiger partial charge in [-0.25, -0.2) is 4.79 Å². The quantitative estimate of drug-likeness (QED) is 0.779. The van der Waals surface area contributed by atoms with Gasteiger partial charge in [0.15, 0.2) is 0 Å². The Kier molecular flexibility index (Phi) is 6.91. The number of carbonyl (C=O) groups is 1. The Hall–Kier alpha value is -1.71. The first-order valence-electron chi connectivity index (χ1n) is 7.25. The molecule has 0 aliphatic rings. The molecule has 0 radical (unpaired) electrons. The predicted molar refractivity (Wildman–Crippen MR) is 84.2 cm³/mol. The lowest BCUT2D eigenvalue weighted by atomic mass is 10.1. The van der Waals surface area contributed by atoms with Crippen LogP contribution in [0.3, 0.4) is 0 Å². The highest BCUT2D eigenvalue weighted by Gasteiger charge is 2.08. The summed E-state index contributed by atoms with van der Waals surface area (Å²) in [4.78, 5) is 11.7. The Labute approximate surface area is 121 Å². The van der Waals surface area contributed by atoms with Gasteiger partial charge in [-0.15, -0.1) is 0 Å². The first kappa shape index (κ1) is 16.3. The van der Waals surface area contributed by atoms with Gasteiger partial charge in [0.1, 0.15) is 0 Å². The maximum absolute atomic E-state index is 11.7. The van der Waals surface area contributed by atoms with Crippen molar-refractivity contribution in [1.29, 1.82) is 0 Å². The monoisotopic (exact) mass is 278 g/mol. The van der Waals surface area contributed by atoms with Crippen LogP contribution in [0.5, 0.6) is 0 Å². The number of para-hydroxylation sites is 2. The fourth-order valence-electron chi connectivity index (χ4n) is 1.63. The maximum atomic E-state index is 11.7. The van der Waals surface area contributed by atoms with E-state index in [4.69, 9.17) is 4.74 Å². The Bertz CT molecular complexity index is 417. The number of nitrogens with one attached hydrogen (secondary N) is 2. The minimum Gasteiger partial charge on any atom is -0.449 e. The topological polar surface area (TPSA) is 50.4 Å². The van der Waals surface area contributed by atoms with Crippen molar-refractivity contribution in [3.63, 3.8) is 0 Å². The van der Waals surface area contributed by atoms with Gasteiger partial charge in [-0.1, -0.05) is 39.8 Å². The van der Waals surface area contributed by atoms with E-state index in [1.807, 2.05) is 38.1 Å². The molecule has 0 fully saturated rings. The third kappa shape index (κ3) is 6.45. The van der Waals surface area contributed by atoms with E-state index in [-0.39, 0.29) is 0 Å². The minimum absolute atomic E-state index is 0.333. The lowest BCUT2D eigenvalue weighted by molar-refractivity contribution is 0.147. The Morgan fingerprint density at radius 1 is 1.10 bits per heavy atom. The summed E-state index contributed by atoms with van der Waals surface area (Å²) >= 11 is 0. The van der Waals surface area contributed by atoms with Crippen LogP contribution in [0.25, 0.3) is 0 Å². The summed E-state index contributed by atoms with van der Waals surface area (Å²) in [5.74, 6) is 0.985. The highest BCUT2D eigenvalue weighted by atomic mass is 16.5. The average molecular weight is 278 g/mol. The van der Waals surface area contributed by atoms with Gasteiger partial charge in [-0.05, 0) is 30.4 Å². The van der Waals surface area contributed by atoms with E-state index < -0.39 is 6.09 Å². The molecular weight excluding hydrogens is 252 g/mol. The van der Waals surface area contributed by atoms with Crippen LogP contribution in [0.4, 0.5) is 16.2 Å². The van der Waals surface area contributed by atoms with Crippen molar-refractivity contribution in [2.45, 2.75) is 34.1 Å². The zero-order valence-corrected chi connectivity index (χ0v) is 12.9. The number of rotatable bonds is 7. The molecule has 0 aliphatic carbocycles. The van der Waals surface area contributed by atoms with Gasteiger partial charge in [0.25, 0.3) is 0 Å². The Morgan fingerprint density at radius 2 is 1.75 bits per heavy atom. The second-order valence-electron chi connectivity index (χ2n) is 5.77. The zero-order valence-electron chi connectivity index (χ0n) is 12.9. The van der Waals surface area contributed by atoms with Gasteiger partial charge in [0, 0.05) is 6.54 Å². The van der Waals surface area contributed by atoms with Crippen molar-refractivity contribution >= 4 is 17.5 Å². The molecule has 0 saturated heterocycles. The smallest absolute Gasteiger partial charge is 0.411 e. The number of hydrogen-bond donors (Lipinski definition) is 2. The van der Waals surface area contributed by atoms with Crippen LogP contribution >= 0.6 is 0 Å². The molecule has 1 aromatic carbocycles. The fraction of sp³-hybridized carbons (Fsp3) is 0.562. The highest BCUT2D eigenvalue weighted by molar-refractivity contribution is 5.89. The van der Waals surface area contributed by atoms with Gasteiger partial charge in [-0.2, -0.15) is 0 Å². The second kappa shape index (κ2) is 8.46. The molecule has 1 rings (SSSR count). The molecule has 2 N–H and O–H groups in total. The van der Waals surface area contributed by atoms with Crippen LogP contribution in [0, 0.1) is 11.8 Å². The van der Waals surface area contributed by atoms with E-state index in [2.05, 4.69) is 24.5 Å². The number of ether oxygens (including phenoxy) is 1. The molecule has 4 nitrogen and oxygen atoms in total. The van der Waals surface area contributed by atoms with E-state index in [0.717, 1.165) is 24.3 Å². The van der Waals surface area contributed by atoms with Crippen molar-refractivity contribution < 1.29 is 9.53 Å². The largest absolute Gasteiger partial charge is 0.449 e. The molecule has 0 atom stereocenters. The molecule has 0 bridgehead atoms. The van der Waals surface area contributed by atoms with E-state index in [1.54, 1.807) is 0 Å². The Balaban J connectivity index is 2.54. The number of anilines is 2. The molecule has 20 heavy (non-hydrogen) atoms. The van der Waals surface area contributed by atoms with Gasteiger partial charge < -0.3 is 10.1 Å². The highest BCUT2D eigenvalue weighted by Crippen LogP contribution is 2.21. The van der Waals surface area contributed by atoms with E-state index in [1.165, 1.54) is 0 Å². The Morgan fingerprint density at radius 3 is 2.35 bits per heavy atom. The first-order valence-corrected chi connectivity index (χ1v) is 7.25. The van der Waals surface area contributed by atoms with Crippen molar-refractivity contribution in [2.75, 3.05) is 23.8 Å². The summed E-state index contributed by atoms with van der Waals surface area (Å²) in [5.41, 5.74) is 1.68. The second-order valence-corrected chi connectivity index (χ2v) is 5.77. The predicted octanol–water partition coefficient (Wildman–Crippen LogP) is 4.35. The van der Waals surface area contributed by atoms with Crippen molar-refractivity contribution in [3.05, 3.63) is 24.3 Å². The maximum Gasteiger partial charge on any atom is 0.411 e. The molecular formula is C16H26N2O2. The third-order valence-electron chi connectivity index (χ3n) is 2.75. The molecule has 0 aliphatic heterocycles. The molecule has 0 heterocycles. The third-order valence-corrected chi connectivity index (χ3v) is 2.75. The molecule has 0 aromatic heterocycles. The normalized spacial score (nSPS) is 10.7. The average Bonchev–Trinajstić information content (AvgIpc) is 2.38. The summed E-state index contributed by atoms with van der Waals surface area (Å²) in [6, 6.07) is 7.67. The molecule has 0 saturated carbocycles. The number of benzene rings is 1. The first-order chi connectivity index (χ1) is 9.49. The minimum atomic E-state index is -0.406. The van der Waals surface area contributed by atoms with Crippen LogP contribution in [0.1, 0.15) is 34.1 Å². The van der Waals surface area contributed by atoms with Crippen LogP contribution in [0.15, 0.2) is 24.3 Å². The van der Waals surface area contributed by atoms with E-state index in [9.17, 15) is 4.79 Å². The number of amides is 1. The zero-order chi connectivity index (χ0) is 15.0. The van der Waals surface area contributed by atoms with E-state index in [0.29, 0.717) is 18.4 Å². The molecule has 1 amide bonds.